The van der Waals surface area contributed by atoms with Crippen LogP contribution in [-0.2, 0) is 0 Å². The van der Waals surface area contributed by atoms with Crippen molar-refractivity contribution in [1.82, 2.24) is 4.90 Å². The van der Waals surface area contributed by atoms with Crippen molar-refractivity contribution in [1.29, 1.82) is 0 Å². The van der Waals surface area contributed by atoms with Gasteiger partial charge in [0.1, 0.15) is 0 Å². The van der Waals surface area contributed by atoms with Gasteiger partial charge in [-0.25, -0.2) is 4.79 Å². The molecule has 2 amide bonds. The highest BCUT2D eigenvalue weighted by atomic mass is 16.3. The average Bonchev–Trinajstić information content (AvgIpc) is 2.47. The maximum Gasteiger partial charge on any atom is 0.321 e. The fraction of sp³-hybridized carbons (Fsp3) is 0.562. The van der Waals surface area contributed by atoms with Gasteiger partial charge >= 0.3 is 6.03 Å². The van der Waals surface area contributed by atoms with E-state index in [2.05, 4.69) is 12.2 Å². The molecule has 4 nitrogen and oxygen atoms in total. The molecule has 0 radical (unpaired) electrons. The van der Waals surface area contributed by atoms with Gasteiger partial charge in [-0.1, -0.05) is 25.5 Å². The zero-order valence-electron chi connectivity index (χ0n) is 12.3. The highest BCUT2D eigenvalue weighted by Gasteiger charge is 2.22. The second kappa shape index (κ2) is 6.75. The van der Waals surface area contributed by atoms with Crippen molar-refractivity contribution >= 4 is 11.7 Å². The summed E-state index contributed by atoms with van der Waals surface area (Å²) >= 11 is 0. The number of benzene rings is 1. The van der Waals surface area contributed by atoms with E-state index in [0.717, 1.165) is 37.2 Å². The van der Waals surface area contributed by atoms with E-state index in [1.165, 1.54) is 6.42 Å². The first-order valence-electron chi connectivity index (χ1n) is 7.44. The SMILES string of the molecule is CCC1CCCN(C(=O)Nc2ccc(C(C)O)cc2)C1. The molecule has 0 spiro atoms. The summed E-state index contributed by atoms with van der Waals surface area (Å²) in [5.41, 5.74) is 1.63. The molecule has 0 aromatic heterocycles. The summed E-state index contributed by atoms with van der Waals surface area (Å²) in [6.07, 6.45) is 2.97. The Morgan fingerprint density at radius 1 is 1.45 bits per heavy atom. The Labute approximate surface area is 120 Å². The number of rotatable bonds is 3. The molecule has 1 saturated heterocycles. The van der Waals surface area contributed by atoms with Crippen molar-refractivity contribution in [3.05, 3.63) is 29.8 Å². The second-order valence-corrected chi connectivity index (χ2v) is 5.59. The number of likely N-dealkylation sites (tertiary alicyclic amines) is 1. The largest absolute Gasteiger partial charge is 0.389 e. The summed E-state index contributed by atoms with van der Waals surface area (Å²) < 4.78 is 0. The van der Waals surface area contributed by atoms with Crippen LogP contribution in [0.5, 0.6) is 0 Å². The van der Waals surface area contributed by atoms with Crippen molar-refractivity contribution in [2.24, 2.45) is 5.92 Å². The third-order valence-corrected chi connectivity index (χ3v) is 4.03. The molecule has 1 aliphatic heterocycles. The van der Waals surface area contributed by atoms with Gasteiger partial charge in [-0.05, 0) is 43.4 Å². The molecule has 20 heavy (non-hydrogen) atoms. The van der Waals surface area contributed by atoms with Gasteiger partial charge in [0.25, 0.3) is 0 Å². The monoisotopic (exact) mass is 276 g/mol. The zero-order chi connectivity index (χ0) is 14.5. The molecule has 1 aliphatic rings. The lowest BCUT2D eigenvalue weighted by Crippen LogP contribution is -2.42. The Hall–Kier alpha value is -1.55. The summed E-state index contributed by atoms with van der Waals surface area (Å²) in [4.78, 5) is 14.1. The minimum atomic E-state index is -0.479. The number of carbonyl (C=O) groups excluding carboxylic acids is 1. The van der Waals surface area contributed by atoms with Gasteiger partial charge in [0.2, 0.25) is 0 Å². The number of aliphatic hydroxyl groups is 1. The van der Waals surface area contributed by atoms with E-state index in [9.17, 15) is 9.90 Å². The topological polar surface area (TPSA) is 52.6 Å². The molecule has 0 bridgehead atoms. The summed E-state index contributed by atoms with van der Waals surface area (Å²) in [6, 6.07) is 7.33. The van der Waals surface area contributed by atoms with Crippen LogP contribution in [0.15, 0.2) is 24.3 Å². The lowest BCUT2D eigenvalue weighted by molar-refractivity contribution is 0.176. The van der Waals surface area contributed by atoms with Gasteiger partial charge in [0, 0.05) is 18.8 Å². The van der Waals surface area contributed by atoms with Crippen LogP contribution in [0.3, 0.4) is 0 Å². The normalized spacial score (nSPS) is 20.6. The fourth-order valence-corrected chi connectivity index (χ4v) is 2.63. The van der Waals surface area contributed by atoms with E-state index in [0.29, 0.717) is 5.92 Å². The van der Waals surface area contributed by atoms with Gasteiger partial charge in [0.15, 0.2) is 0 Å². The maximum atomic E-state index is 12.2. The lowest BCUT2D eigenvalue weighted by Gasteiger charge is -2.32. The lowest BCUT2D eigenvalue weighted by atomic mass is 9.96. The minimum Gasteiger partial charge on any atom is -0.389 e. The molecule has 2 N–H and O–H groups in total. The minimum absolute atomic E-state index is 0.0204. The Kier molecular flexibility index (Phi) is 5.01. The molecule has 1 heterocycles. The molecule has 4 heteroatoms. The molecule has 1 aromatic carbocycles. The van der Waals surface area contributed by atoms with E-state index in [4.69, 9.17) is 0 Å². The number of anilines is 1. The molecule has 1 fully saturated rings. The first-order chi connectivity index (χ1) is 9.60. The molecule has 2 unspecified atom stereocenters. The van der Waals surface area contributed by atoms with E-state index in [1.54, 1.807) is 6.92 Å². The first-order valence-corrected chi connectivity index (χ1v) is 7.44. The quantitative estimate of drug-likeness (QED) is 0.889. The molecular weight excluding hydrogens is 252 g/mol. The van der Waals surface area contributed by atoms with Gasteiger partial charge in [-0.15, -0.1) is 0 Å². The van der Waals surface area contributed by atoms with Crippen LogP contribution in [0.4, 0.5) is 10.5 Å². The number of aliphatic hydroxyl groups excluding tert-OH is 1. The number of amides is 2. The van der Waals surface area contributed by atoms with Crippen LogP contribution in [-0.4, -0.2) is 29.1 Å². The predicted octanol–water partition coefficient (Wildman–Crippen LogP) is 3.39. The summed E-state index contributed by atoms with van der Waals surface area (Å²) in [5, 5.41) is 12.4. The van der Waals surface area contributed by atoms with Crippen LogP contribution in [0.2, 0.25) is 0 Å². The number of carbonyl (C=O) groups is 1. The molecule has 2 atom stereocenters. The third-order valence-electron chi connectivity index (χ3n) is 4.03. The van der Waals surface area contributed by atoms with Crippen molar-refractivity contribution in [3.63, 3.8) is 0 Å². The number of nitrogens with one attached hydrogen (secondary N) is 1. The van der Waals surface area contributed by atoms with Crippen molar-refractivity contribution in [3.8, 4) is 0 Å². The fourth-order valence-electron chi connectivity index (χ4n) is 2.63. The maximum absolute atomic E-state index is 12.2. The Morgan fingerprint density at radius 3 is 2.75 bits per heavy atom. The van der Waals surface area contributed by atoms with Crippen LogP contribution in [0, 0.1) is 5.92 Å². The highest BCUT2D eigenvalue weighted by Crippen LogP contribution is 2.20. The standard InChI is InChI=1S/C16H24N2O2/c1-3-13-5-4-10-18(11-13)16(20)17-15-8-6-14(7-9-15)12(2)19/h6-9,12-13,19H,3-5,10-11H2,1-2H3,(H,17,20). The van der Waals surface area contributed by atoms with E-state index in [-0.39, 0.29) is 6.03 Å². The number of urea groups is 1. The zero-order valence-corrected chi connectivity index (χ0v) is 12.3. The van der Waals surface area contributed by atoms with Crippen molar-refractivity contribution in [2.45, 2.75) is 39.2 Å². The number of nitrogens with zero attached hydrogens (tertiary/aromatic N) is 1. The molecule has 0 aliphatic carbocycles. The van der Waals surface area contributed by atoms with Gasteiger partial charge in [0.05, 0.1) is 6.10 Å². The Bertz CT molecular complexity index is 442. The molecule has 0 saturated carbocycles. The van der Waals surface area contributed by atoms with E-state index >= 15 is 0 Å². The number of piperidine rings is 1. The second-order valence-electron chi connectivity index (χ2n) is 5.59. The third kappa shape index (κ3) is 3.73. The van der Waals surface area contributed by atoms with Crippen LogP contribution in [0.1, 0.15) is 44.8 Å². The molecular formula is C16H24N2O2. The molecule has 2 rings (SSSR count). The van der Waals surface area contributed by atoms with Crippen LogP contribution >= 0.6 is 0 Å². The Balaban J connectivity index is 1.93. The highest BCUT2D eigenvalue weighted by molar-refractivity contribution is 5.89. The summed E-state index contributed by atoms with van der Waals surface area (Å²) in [7, 11) is 0. The van der Waals surface area contributed by atoms with E-state index in [1.807, 2.05) is 29.2 Å². The van der Waals surface area contributed by atoms with Gasteiger partial charge < -0.3 is 15.3 Å². The van der Waals surface area contributed by atoms with Crippen molar-refractivity contribution in [2.75, 3.05) is 18.4 Å². The van der Waals surface area contributed by atoms with Gasteiger partial charge in [-0.3, -0.25) is 0 Å². The molecule has 110 valence electrons. The predicted molar refractivity (Wildman–Crippen MR) is 80.7 cm³/mol. The average molecular weight is 276 g/mol. The van der Waals surface area contributed by atoms with Crippen LogP contribution in [0.25, 0.3) is 0 Å². The first kappa shape index (κ1) is 14.9. The summed E-state index contributed by atoms with van der Waals surface area (Å²) in [6.45, 7) is 5.61. The Morgan fingerprint density at radius 2 is 2.15 bits per heavy atom. The van der Waals surface area contributed by atoms with Gasteiger partial charge in [-0.2, -0.15) is 0 Å². The van der Waals surface area contributed by atoms with Crippen LogP contribution < -0.4 is 5.32 Å². The number of hydrogen-bond acceptors (Lipinski definition) is 2. The molecule has 1 aromatic rings. The summed E-state index contributed by atoms with van der Waals surface area (Å²) in [5.74, 6) is 0.632. The van der Waals surface area contributed by atoms with Crippen molar-refractivity contribution < 1.29 is 9.90 Å². The smallest absolute Gasteiger partial charge is 0.321 e. The van der Waals surface area contributed by atoms with E-state index < -0.39 is 6.10 Å². The number of hydrogen-bond donors (Lipinski definition) is 2.